The Morgan fingerprint density at radius 2 is 2.23 bits per heavy atom. The average molecular weight is 185 g/mol. The van der Waals surface area contributed by atoms with Crippen LogP contribution in [0.4, 0.5) is 4.39 Å². The number of rotatable bonds is 3. The van der Waals surface area contributed by atoms with E-state index in [2.05, 4.69) is 5.32 Å². The van der Waals surface area contributed by atoms with E-state index in [0.717, 1.165) is 0 Å². The lowest BCUT2D eigenvalue weighted by molar-refractivity contribution is 0.250. The van der Waals surface area contributed by atoms with Gasteiger partial charge in [0.25, 0.3) is 0 Å². The predicted molar refractivity (Wildman–Crippen MR) is 47.0 cm³/mol. The summed E-state index contributed by atoms with van der Waals surface area (Å²) in [5.41, 5.74) is 0.611. The molecule has 1 aromatic rings. The van der Waals surface area contributed by atoms with Gasteiger partial charge in [-0.15, -0.1) is 0 Å². The van der Waals surface area contributed by atoms with Crippen LogP contribution in [0.2, 0.25) is 0 Å². The summed E-state index contributed by atoms with van der Waals surface area (Å²) in [7, 11) is 1.67. The maximum absolute atomic E-state index is 12.9. The van der Waals surface area contributed by atoms with Crippen molar-refractivity contribution >= 4 is 0 Å². The summed E-state index contributed by atoms with van der Waals surface area (Å²) >= 11 is 0. The zero-order valence-electron chi connectivity index (χ0n) is 7.29. The van der Waals surface area contributed by atoms with Gasteiger partial charge in [0, 0.05) is 0 Å². The monoisotopic (exact) mass is 185 g/mol. The number of halogens is 1. The zero-order chi connectivity index (χ0) is 9.84. The molecule has 0 bridgehead atoms. The van der Waals surface area contributed by atoms with Crippen LogP contribution in [0.3, 0.4) is 0 Å². The first-order valence-electron chi connectivity index (χ1n) is 3.95. The van der Waals surface area contributed by atoms with Crippen LogP contribution in [0, 0.1) is 5.82 Å². The van der Waals surface area contributed by atoms with Crippen LogP contribution < -0.4 is 5.32 Å². The van der Waals surface area contributed by atoms with E-state index in [-0.39, 0.29) is 18.4 Å². The minimum Gasteiger partial charge on any atom is -0.505 e. The first-order valence-corrected chi connectivity index (χ1v) is 3.95. The Bertz CT molecular complexity index is 287. The highest BCUT2D eigenvalue weighted by Crippen LogP contribution is 2.20. The Balaban J connectivity index is 2.95. The first kappa shape index (κ1) is 9.95. The first-order chi connectivity index (χ1) is 6.19. The van der Waals surface area contributed by atoms with Gasteiger partial charge in [0.15, 0.2) is 11.6 Å². The molecule has 72 valence electrons. The summed E-state index contributed by atoms with van der Waals surface area (Å²) in [6, 6.07) is 3.74. The zero-order valence-corrected chi connectivity index (χ0v) is 7.29. The lowest BCUT2D eigenvalue weighted by atomic mass is 10.1. The number of benzene rings is 1. The number of nitrogens with one attached hydrogen (secondary N) is 1. The van der Waals surface area contributed by atoms with Crippen molar-refractivity contribution in [3.63, 3.8) is 0 Å². The second-order valence-electron chi connectivity index (χ2n) is 2.73. The lowest BCUT2D eigenvalue weighted by Gasteiger charge is -2.13. The maximum atomic E-state index is 12.9. The largest absolute Gasteiger partial charge is 0.505 e. The summed E-state index contributed by atoms with van der Waals surface area (Å²) in [6.07, 6.45) is 0. The summed E-state index contributed by atoms with van der Waals surface area (Å²) in [6.45, 7) is -0.110. The number of aromatic hydroxyl groups is 1. The molecule has 0 heterocycles. The predicted octanol–water partition coefficient (Wildman–Crippen LogP) is 0.784. The number of hydrogen-bond acceptors (Lipinski definition) is 3. The van der Waals surface area contributed by atoms with Crippen molar-refractivity contribution in [1.82, 2.24) is 5.32 Å². The Kier molecular flexibility index (Phi) is 3.22. The van der Waals surface area contributed by atoms with Gasteiger partial charge in [-0.3, -0.25) is 0 Å². The molecule has 3 N–H and O–H groups in total. The lowest BCUT2D eigenvalue weighted by Crippen LogP contribution is -2.19. The van der Waals surface area contributed by atoms with Gasteiger partial charge in [0.2, 0.25) is 0 Å². The van der Waals surface area contributed by atoms with E-state index >= 15 is 0 Å². The minimum absolute atomic E-state index is 0.110. The van der Waals surface area contributed by atoms with Crippen molar-refractivity contribution in [3.8, 4) is 5.75 Å². The maximum Gasteiger partial charge on any atom is 0.165 e. The van der Waals surface area contributed by atoms with Crippen LogP contribution in [0.15, 0.2) is 18.2 Å². The smallest absolute Gasteiger partial charge is 0.165 e. The van der Waals surface area contributed by atoms with Gasteiger partial charge in [0.05, 0.1) is 12.6 Å². The van der Waals surface area contributed by atoms with Crippen molar-refractivity contribution in [2.75, 3.05) is 13.7 Å². The van der Waals surface area contributed by atoms with Crippen LogP contribution >= 0.6 is 0 Å². The molecule has 1 atom stereocenters. The van der Waals surface area contributed by atoms with E-state index in [1.54, 1.807) is 13.1 Å². The van der Waals surface area contributed by atoms with Crippen LogP contribution in [0.25, 0.3) is 0 Å². The van der Waals surface area contributed by atoms with E-state index in [9.17, 15) is 4.39 Å². The van der Waals surface area contributed by atoms with Crippen molar-refractivity contribution in [1.29, 1.82) is 0 Å². The van der Waals surface area contributed by atoms with E-state index < -0.39 is 5.82 Å². The second-order valence-corrected chi connectivity index (χ2v) is 2.73. The highest BCUT2D eigenvalue weighted by molar-refractivity contribution is 5.29. The van der Waals surface area contributed by atoms with E-state index in [4.69, 9.17) is 10.2 Å². The summed E-state index contributed by atoms with van der Waals surface area (Å²) in [4.78, 5) is 0. The van der Waals surface area contributed by atoms with Gasteiger partial charge in [-0.2, -0.15) is 0 Å². The molecule has 0 unspecified atom stereocenters. The van der Waals surface area contributed by atoms with Gasteiger partial charge in [0.1, 0.15) is 0 Å². The van der Waals surface area contributed by atoms with Gasteiger partial charge < -0.3 is 15.5 Å². The number of hydrogen-bond donors (Lipinski definition) is 3. The van der Waals surface area contributed by atoms with Gasteiger partial charge >= 0.3 is 0 Å². The van der Waals surface area contributed by atoms with Crippen molar-refractivity contribution in [2.45, 2.75) is 6.04 Å². The highest BCUT2D eigenvalue weighted by atomic mass is 19.1. The molecule has 13 heavy (non-hydrogen) atoms. The third-order valence-electron chi connectivity index (χ3n) is 1.91. The second kappa shape index (κ2) is 4.20. The number of likely N-dealkylation sites (N-methyl/N-ethyl adjacent to an activating group) is 1. The molecule has 4 heteroatoms. The number of aliphatic hydroxyl groups excluding tert-OH is 1. The molecule has 0 aliphatic carbocycles. The molecule has 0 aliphatic heterocycles. The van der Waals surface area contributed by atoms with Gasteiger partial charge in [-0.1, -0.05) is 6.07 Å². The van der Waals surface area contributed by atoms with Crippen LogP contribution in [-0.2, 0) is 0 Å². The molecule has 1 rings (SSSR count). The quantitative estimate of drug-likeness (QED) is 0.652. The fraction of sp³-hybridized carbons (Fsp3) is 0.333. The Labute approximate surface area is 75.8 Å². The standard InChI is InChI=1S/C9H12FNO2/c1-11-8(5-12)6-2-3-9(13)7(10)4-6/h2-4,8,11-13H,5H2,1H3/t8-/m0/s1. The number of phenolic OH excluding ortho intramolecular Hbond substituents is 1. The van der Waals surface area contributed by atoms with Crippen LogP contribution in [0.1, 0.15) is 11.6 Å². The van der Waals surface area contributed by atoms with Crippen molar-refractivity contribution in [2.24, 2.45) is 0 Å². The van der Waals surface area contributed by atoms with Gasteiger partial charge in [-0.25, -0.2) is 4.39 Å². The highest BCUT2D eigenvalue weighted by Gasteiger charge is 2.09. The number of phenols is 1. The molecule has 0 spiro atoms. The van der Waals surface area contributed by atoms with E-state index in [0.29, 0.717) is 5.56 Å². The molecule has 0 radical (unpaired) electrons. The molecule has 0 aromatic heterocycles. The normalized spacial score (nSPS) is 12.8. The minimum atomic E-state index is -0.675. The molecule has 0 fully saturated rings. The third-order valence-corrected chi connectivity index (χ3v) is 1.91. The van der Waals surface area contributed by atoms with Crippen molar-refractivity contribution in [3.05, 3.63) is 29.6 Å². The van der Waals surface area contributed by atoms with E-state index in [1.807, 2.05) is 0 Å². The van der Waals surface area contributed by atoms with Gasteiger partial charge in [-0.05, 0) is 24.7 Å². The van der Waals surface area contributed by atoms with Crippen LogP contribution in [-0.4, -0.2) is 23.9 Å². The van der Waals surface area contributed by atoms with Crippen LogP contribution in [0.5, 0.6) is 5.75 Å². The Morgan fingerprint density at radius 3 is 2.69 bits per heavy atom. The molecular formula is C9H12FNO2. The molecule has 0 saturated carbocycles. The molecule has 0 aliphatic rings. The third kappa shape index (κ3) is 2.17. The Hall–Kier alpha value is -1.13. The summed E-state index contributed by atoms with van der Waals surface area (Å²) in [5.74, 6) is -1.05. The topological polar surface area (TPSA) is 52.5 Å². The molecule has 0 amide bonds. The van der Waals surface area contributed by atoms with Crippen molar-refractivity contribution < 1.29 is 14.6 Å². The molecule has 3 nitrogen and oxygen atoms in total. The average Bonchev–Trinajstić information content (AvgIpc) is 2.13. The van der Waals surface area contributed by atoms with E-state index in [1.165, 1.54) is 12.1 Å². The fourth-order valence-corrected chi connectivity index (χ4v) is 1.10. The molecular weight excluding hydrogens is 173 g/mol. The number of aliphatic hydroxyl groups is 1. The molecule has 0 saturated heterocycles. The summed E-state index contributed by atoms with van der Waals surface area (Å²) in [5, 5.41) is 20.6. The SMILES string of the molecule is CN[C@@H](CO)c1ccc(O)c(F)c1. The molecule has 1 aromatic carbocycles. The Morgan fingerprint density at radius 1 is 1.54 bits per heavy atom. The fourth-order valence-electron chi connectivity index (χ4n) is 1.10. The summed E-state index contributed by atoms with van der Waals surface area (Å²) < 4.78 is 12.9.